The van der Waals surface area contributed by atoms with Crippen molar-refractivity contribution in [3.63, 3.8) is 0 Å². The fourth-order valence-electron chi connectivity index (χ4n) is 1.67. The molecule has 0 fully saturated rings. The molecular formula is C15H19NO4. The van der Waals surface area contributed by atoms with Gasteiger partial charge in [0.2, 0.25) is 0 Å². The van der Waals surface area contributed by atoms with Gasteiger partial charge in [-0.05, 0) is 32.2 Å². The number of esters is 2. The topological polar surface area (TPSA) is 64.6 Å². The summed E-state index contributed by atoms with van der Waals surface area (Å²) in [6.07, 6.45) is 0.602. The van der Waals surface area contributed by atoms with Crippen LogP contribution in [0, 0.1) is 0 Å². The lowest BCUT2D eigenvalue weighted by atomic mass is 10.1. The minimum atomic E-state index is -0.799. The van der Waals surface area contributed by atoms with Crippen molar-refractivity contribution in [3.05, 3.63) is 48.6 Å². The van der Waals surface area contributed by atoms with E-state index in [9.17, 15) is 9.59 Å². The Labute approximate surface area is 118 Å². The van der Waals surface area contributed by atoms with Crippen LogP contribution in [0.3, 0.4) is 0 Å². The number of nitrogens with one attached hydrogen (secondary N) is 1. The molecule has 0 saturated carbocycles. The fourth-order valence-corrected chi connectivity index (χ4v) is 1.67. The van der Waals surface area contributed by atoms with Gasteiger partial charge in [0.25, 0.3) is 0 Å². The first-order chi connectivity index (χ1) is 9.63. The van der Waals surface area contributed by atoms with Crippen LogP contribution in [0.15, 0.2) is 43.0 Å². The third-order valence-electron chi connectivity index (χ3n) is 2.66. The molecule has 5 heteroatoms. The number of carbonyl (C=O) groups excluding carboxylic acids is 2. The minimum absolute atomic E-state index is 0.257. The van der Waals surface area contributed by atoms with Crippen molar-refractivity contribution in [2.75, 3.05) is 13.7 Å². The first-order valence-electron chi connectivity index (χ1n) is 6.36. The van der Waals surface area contributed by atoms with Gasteiger partial charge in [-0.15, -0.1) is 0 Å². The molecule has 0 spiro atoms. The average Bonchev–Trinajstić information content (AvgIpc) is 2.48. The van der Waals surface area contributed by atoms with Crippen LogP contribution in [0.5, 0.6) is 0 Å². The summed E-state index contributed by atoms with van der Waals surface area (Å²) in [6.45, 7) is 5.56. The number of hydrogen-bond acceptors (Lipinski definition) is 5. The molecule has 1 N–H and O–H groups in total. The summed E-state index contributed by atoms with van der Waals surface area (Å²) in [5.74, 6) is -0.999. The highest BCUT2D eigenvalue weighted by Crippen LogP contribution is 2.09. The highest BCUT2D eigenvalue weighted by atomic mass is 16.6. The zero-order valence-corrected chi connectivity index (χ0v) is 11.7. The Hall–Kier alpha value is -2.14. The lowest BCUT2D eigenvalue weighted by Crippen LogP contribution is -2.46. The Morgan fingerprint density at radius 1 is 1.35 bits per heavy atom. The van der Waals surface area contributed by atoms with E-state index in [2.05, 4.69) is 11.9 Å². The summed E-state index contributed by atoms with van der Waals surface area (Å²) in [6, 6.07) is 7.78. The van der Waals surface area contributed by atoms with Gasteiger partial charge in [-0.25, -0.2) is 4.79 Å². The second kappa shape index (κ2) is 8.12. The van der Waals surface area contributed by atoms with Crippen LogP contribution in [0.4, 0.5) is 0 Å². The highest BCUT2D eigenvalue weighted by Gasteiger charge is 2.29. The normalized spacial score (nSPS) is 13.1. The maximum Gasteiger partial charge on any atom is 0.338 e. The number of ether oxygens (including phenoxy) is 2. The van der Waals surface area contributed by atoms with Crippen molar-refractivity contribution in [2.24, 2.45) is 0 Å². The van der Waals surface area contributed by atoms with Crippen LogP contribution in [-0.4, -0.2) is 37.7 Å². The smallest absolute Gasteiger partial charge is 0.338 e. The second-order valence-electron chi connectivity index (χ2n) is 3.99. The van der Waals surface area contributed by atoms with Crippen molar-refractivity contribution < 1.29 is 19.1 Å². The molecule has 108 valence electrons. The third-order valence-corrected chi connectivity index (χ3v) is 2.66. The summed E-state index contributed by atoms with van der Waals surface area (Å²) >= 11 is 0. The predicted molar refractivity (Wildman–Crippen MR) is 75.3 cm³/mol. The molecule has 0 aliphatic carbocycles. The summed E-state index contributed by atoms with van der Waals surface area (Å²) in [5.41, 5.74) is 0.415. The van der Waals surface area contributed by atoms with Gasteiger partial charge in [0.05, 0.1) is 12.2 Å². The van der Waals surface area contributed by atoms with E-state index in [0.29, 0.717) is 5.56 Å². The lowest BCUT2D eigenvalue weighted by molar-refractivity contribution is -0.147. The van der Waals surface area contributed by atoms with E-state index in [0.717, 1.165) is 0 Å². The maximum absolute atomic E-state index is 12.0. The molecule has 0 amide bonds. The molecule has 1 rings (SSSR count). The molecule has 0 aromatic heterocycles. The molecule has 20 heavy (non-hydrogen) atoms. The fraction of sp³-hybridized carbons (Fsp3) is 0.333. The van der Waals surface area contributed by atoms with E-state index in [1.54, 1.807) is 44.3 Å². The van der Waals surface area contributed by atoms with Crippen molar-refractivity contribution in [2.45, 2.75) is 19.1 Å². The van der Waals surface area contributed by atoms with Gasteiger partial charge in [0.15, 0.2) is 0 Å². The Bertz CT molecular complexity index is 458. The monoisotopic (exact) mass is 277 g/mol. The Kier molecular flexibility index (Phi) is 6.46. The van der Waals surface area contributed by atoms with Gasteiger partial charge in [-0.1, -0.05) is 24.8 Å². The summed E-state index contributed by atoms with van der Waals surface area (Å²) in [5, 5.41) is 2.77. The Morgan fingerprint density at radius 2 is 2.00 bits per heavy atom. The van der Waals surface area contributed by atoms with Gasteiger partial charge in [0.1, 0.15) is 12.1 Å². The zero-order valence-electron chi connectivity index (χ0n) is 11.7. The maximum atomic E-state index is 12.0. The number of likely N-dealkylation sites (N-methyl/N-ethyl adjacent to an activating group) is 1. The average molecular weight is 277 g/mol. The Balaban J connectivity index is 2.77. The van der Waals surface area contributed by atoms with Crippen molar-refractivity contribution >= 4 is 11.9 Å². The quantitative estimate of drug-likeness (QED) is 0.605. The van der Waals surface area contributed by atoms with Crippen LogP contribution in [0.1, 0.15) is 17.3 Å². The van der Waals surface area contributed by atoms with Crippen molar-refractivity contribution in [1.29, 1.82) is 0 Å². The SMILES string of the molecule is C=CC(OC(=O)c1ccccc1)C(NC)C(=O)OCC. The van der Waals surface area contributed by atoms with E-state index < -0.39 is 24.1 Å². The molecule has 1 aromatic rings. The minimum Gasteiger partial charge on any atom is -0.465 e. The highest BCUT2D eigenvalue weighted by molar-refractivity contribution is 5.90. The molecule has 1 aromatic carbocycles. The van der Waals surface area contributed by atoms with Crippen LogP contribution in [0.2, 0.25) is 0 Å². The molecule has 0 heterocycles. The van der Waals surface area contributed by atoms with Gasteiger partial charge in [0, 0.05) is 0 Å². The number of hydrogen-bond donors (Lipinski definition) is 1. The largest absolute Gasteiger partial charge is 0.465 e. The molecule has 0 aliphatic rings. The molecular weight excluding hydrogens is 258 g/mol. The number of benzene rings is 1. The first kappa shape index (κ1) is 15.9. The van der Waals surface area contributed by atoms with E-state index in [-0.39, 0.29) is 6.61 Å². The standard InChI is InChI=1S/C15H19NO4/c1-4-12(13(16-3)15(18)19-5-2)20-14(17)11-9-7-6-8-10-11/h4,6-10,12-13,16H,1,5H2,2-3H3. The summed E-state index contributed by atoms with van der Waals surface area (Å²) in [4.78, 5) is 23.7. The van der Waals surface area contributed by atoms with E-state index in [1.807, 2.05) is 0 Å². The predicted octanol–water partition coefficient (Wildman–Crippen LogP) is 1.55. The van der Waals surface area contributed by atoms with E-state index >= 15 is 0 Å². The van der Waals surface area contributed by atoms with Crippen LogP contribution < -0.4 is 5.32 Å². The number of carbonyl (C=O) groups is 2. The Morgan fingerprint density at radius 3 is 2.50 bits per heavy atom. The van der Waals surface area contributed by atoms with Gasteiger partial charge >= 0.3 is 11.9 Å². The first-order valence-corrected chi connectivity index (χ1v) is 6.36. The zero-order chi connectivity index (χ0) is 15.0. The molecule has 0 aliphatic heterocycles. The van der Waals surface area contributed by atoms with Crippen molar-refractivity contribution in [3.8, 4) is 0 Å². The van der Waals surface area contributed by atoms with Crippen LogP contribution in [0.25, 0.3) is 0 Å². The van der Waals surface area contributed by atoms with Crippen molar-refractivity contribution in [1.82, 2.24) is 5.32 Å². The molecule has 2 unspecified atom stereocenters. The van der Waals surface area contributed by atoms with Gasteiger partial charge in [-0.3, -0.25) is 4.79 Å². The third kappa shape index (κ3) is 4.20. The van der Waals surface area contributed by atoms with Crippen LogP contribution >= 0.6 is 0 Å². The molecule has 0 saturated heterocycles. The molecule has 0 radical (unpaired) electrons. The second-order valence-corrected chi connectivity index (χ2v) is 3.99. The van der Waals surface area contributed by atoms with Gasteiger partial charge in [-0.2, -0.15) is 0 Å². The summed E-state index contributed by atoms with van der Waals surface area (Å²) in [7, 11) is 1.59. The van der Waals surface area contributed by atoms with E-state index in [4.69, 9.17) is 9.47 Å². The summed E-state index contributed by atoms with van der Waals surface area (Å²) < 4.78 is 10.2. The van der Waals surface area contributed by atoms with E-state index in [1.165, 1.54) is 6.08 Å². The van der Waals surface area contributed by atoms with Gasteiger partial charge < -0.3 is 14.8 Å². The molecule has 2 atom stereocenters. The molecule has 0 bridgehead atoms. The number of rotatable bonds is 7. The lowest BCUT2D eigenvalue weighted by Gasteiger charge is -2.22. The molecule has 5 nitrogen and oxygen atoms in total. The van der Waals surface area contributed by atoms with Crippen LogP contribution in [-0.2, 0) is 14.3 Å².